The predicted octanol–water partition coefficient (Wildman–Crippen LogP) is 4.65. The molecule has 0 saturated carbocycles. The highest BCUT2D eigenvalue weighted by Crippen LogP contribution is 2.33. The van der Waals surface area contributed by atoms with Crippen molar-refractivity contribution in [3.05, 3.63) is 101 Å². The van der Waals surface area contributed by atoms with E-state index in [9.17, 15) is 14.4 Å². The Kier molecular flexibility index (Phi) is 5.80. The first kappa shape index (κ1) is 22.5. The number of hydrogen-bond donors (Lipinski definition) is 1. The lowest BCUT2D eigenvalue weighted by Gasteiger charge is -2.27. The van der Waals surface area contributed by atoms with Crippen molar-refractivity contribution in [3.8, 4) is 0 Å². The van der Waals surface area contributed by atoms with Gasteiger partial charge in [-0.1, -0.05) is 48.5 Å². The molecule has 1 saturated heterocycles. The second-order valence-corrected chi connectivity index (χ2v) is 9.91. The van der Waals surface area contributed by atoms with Crippen LogP contribution >= 0.6 is 0 Å². The van der Waals surface area contributed by atoms with Gasteiger partial charge in [-0.2, -0.15) is 0 Å². The van der Waals surface area contributed by atoms with Crippen molar-refractivity contribution < 1.29 is 14.4 Å². The molecule has 3 aromatic carbocycles. The summed E-state index contributed by atoms with van der Waals surface area (Å²) in [5, 5.41) is 3.20. The van der Waals surface area contributed by atoms with E-state index in [4.69, 9.17) is 0 Å². The van der Waals surface area contributed by atoms with E-state index in [2.05, 4.69) is 23.5 Å². The fourth-order valence-electron chi connectivity index (χ4n) is 5.86. The summed E-state index contributed by atoms with van der Waals surface area (Å²) in [6.07, 6.45) is 4.59. The summed E-state index contributed by atoms with van der Waals surface area (Å²) in [4.78, 5) is 43.1. The zero-order chi connectivity index (χ0) is 24.6. The number of hydrogen-bond acceptors (Lipinski definition) is 3. The Morgan fingerprint density at radius 3 is 2.53 bits per heavy atom. The Labute approximate surface area is 210 Å². The zero-order valence-corrected chi connectivity index (χ0v) is 20.2. The van der Waals surface area contributed by atoms with Gasteiger partial charge in [0.05, 0.1) is 23.8 Å². The van der Waals surface area contributed by atoms with Gasteiger partial charge in [-0.15, -0.1) is 0 Å². The first-order valence-electron chi connectivity index (χ1n) is 12.8. The maximum absolute atomic E-state index is 13.5. The van der Waals surface area contributed by atoms with E-state index in [0.717, 1.165) is 31.2 Å². The third kappa shape index (κ3) is 3.96. The summed E-state index contributed by atoms with van der Waals surface area (Å²) in [6.45, 7) is 0.970. The Morgan fingerprint density at radius 2 is 1.67 bits per heavy atom. The van der Waals surface area contributed by atoms with Gasteiger partial charge in [-0.25, -0.2) is 0 Å². The minimum Gasteiger partial charge on any atom is -0.345 e. The van der Waals surface area contributed by atoms with Crippen molar-refractivity contribution in [2.45, 2.75) is 50.7 Å². The molecule has 1 fully saturated rings. The Hall–Kier alpha value is -3.93. The zero-order valence-electron chi connectivity index (χ0n) is 20.2. The fraction of sp³-hybridized carbons (Fsp3) is 0.300. The van der Waals surface area contributed by atoms with Gasteiger partial charge in [0.25, 0.3) is 11.8 Å². The van der Waals surface area contributed by atoms with Crippen LogP contribution in [0.2, 0.25) is 0 Å². The molecule has 0 radical (unpaired) electrons. The lowest BCUT2D eigenvalue weighted by molar-refractivity contribution is -0.122. The van der Waals surface area contributed by atoms with Gasteiger partial charge in [-0.05, 0) is 73.1 Å². The molecule has 3 amide bonds. The van der Waals surface area contributed by atoms with Crippen molar-refractivity contribution >= 4 is 23.4 Å². The number of nitrogens with one attached hydrogen (secondary N) is 1. The van der Waals surface area contributed by atoms with Crippen LogP contribution < -0.4 is 10.2 Å². The van der Waals surface area contributed by atoms with Gasteiger partial charge in [-0.3, -0.25) is 14.4 Å². The second-order valence-electron chi connectivity index (χ2n) is 9.91. The lowest BCUT2D eigenvalue weighted by atomic mass is 9.87. The maximum Gasteiger partial charge on any atom is 0.256 e. The van der Waals surface area contributed by atoms with Crippen LogP contribution in [-0.2, 0) is 17.8 Å². The molecule has 3 aliphatic rings. The summed E-state index contributed by atoms with van der Waals surface area (Å²) in [5.74, 6) is -0.199. The largest absolute Gasteiger partial charge is 0.345 e. The number of aryl methyl sites for hydroxylation is 1. The van der Waals surface area contributed by atoms with Crippen molar-refractivity contribution in [3.63, 3.8) is 0 Å². The molecule has 36 heavy (non-hydrogen) atoms. The predicted molar refractivity (Wildman–Crippen MR) is 138 cm³/mol. The van der Waals surface area contributed by atoms with Crippen LogP contribution in [0.1, 0.15) is 69.1 Å². The van der Waals surface area contributed by atoms with Crippen LogP contribution in [-0.4, -0.2) is 35.2 Å². The van der Waals surface area contributed by atoms with Gasteiger partial charge in [0.1, 0.15) is 6.04 Å². The third-order valence-electron chi connectivity index (χ3n) is 7.72. The molecule has 3 aromatic rings. The normalized spacial score (nSPS) is 20.9. The molecule has 2 heterocycles. The van der Waals surface area contributed by atoms with Gasteiger partial charge >= 0.3 is 0 Å². The van der Waals surface area contributed by atoms with Gasteiger partial charge < -0.3 is 15.1 Å². The average Bonchev–Trinajstić information content (AvgIpc) is 3.39. The highest BCUT2D eigenvalue weighted by molar-refractivity contribution is 6.11. The minimum absolute atomic E-state index is 0.0280. The van der Waals surface area contributed by atoms with Crippen LogP contribution in [0.5, 0.6) is 0 Å². The van der Waals surface area contributed by atoms with E-state index in [1.807, 2.05) is 48.5 Å². The van der Waals surface area contributed by atoms with Gasteiger partial charge in [0, 0.05) is 12.1 Å². The maximum atomic E-state index is 13.5. The smallest absolute Gasteiger partial charge is 0.256 e. The van der Waals surface area contributed by atoms with Crippen LogP contribution in [0.3, 0.4) is 0 Å². The quantitative estimate of drug-likeness (QED) is 0.593. The van der Waals surface area contributed by atoms with E-state index < -0.39 is 6.04 Å². The second kappa shape index (κ2) is 9.26. The van der Waals surface area contributed by atoms with Gasteiger partial charge in [0.15, 0.2) is 0 Å². The molecule has 2 atom stereocenters. The van der Waals surface area contributed by atoms with Crippen molar-refractivity contribution in [1.82, 2.24) is 10.2 Å². The summed E-state index contributed by atoms with van der Waals surface area (Å²) in [6, 6.07) is 22.7. The number of amides is 3. The summed E-state index contributed by atoms with van der Waals surface area (Å²) in [5.41, 5.74) is 5.26. The van der Waals surface area contributed by atoms with Crippen molar-refractivity contribution in [2.75, 3.05) is 11.4 Å². The Morgan fingerprint density at radius 1 is 0.889 bits per heavy atom. The number of rotatable bonds is 4. The molecule has 2 aliphatic heterocycles. The average molecular weight is 480 g/mol. The van der Waals surface area contributed by atoms with Gasteiger partial charge in [0.2, 0.25) is 5.91 Å². The molecular weight excluding hydrogens is 450 g/mol. The Balaban J connectivity index is 1.21. The van der Waals surface area contributed by atoms with Crippen molar-refractivity contribution in [2.24, 2.45) is 0 Å². The van der Waals surface area contributed by atoms with E-state index in [1.54, 1.807) is 15.9 Å². The highest BCUT2D eigenvalue weighted by atomic mass is 16.2. The SMILES string of the molecule is O=C(N[C@H]1CCCc2ccccc21)c1ccc(CN2C(=O)[C@@H]3CCCN3C(=O)c3ccccc32)cc1. The van der Waals surface area contributed by atoms with Crippen LogP contribution in [0, 0.1) is 0 Å². The van der Waals surface area contributed by atoms with E-state index in [-0.39, 0.29) is 23.8 Å². The van der Waals surface area contributed by atoms with E-state index in [1.165, 1.54) is 11.1 Å². The molecular formula is C30H29N3O3. The summed E-state index contributed by atoms with van der Waals surface area (Å²) >= 11 is 0. The number of benzene rings is 3. The van der Waals surface area contributed by atoms with Crippen molar-refractivity contribution in [1.29, 1.82) is 0 Å². The number of nitrogens with zero attached hydrogens (tertiary/aromatic N) is 2. The monoisotopic (exact) mass is 479 g/mol. The van der Waals surface area contributed by atoms with Crippen LogP contribution in [0.4, 0.5) is 5.69 Å². The topological polar surface area (TPSA) is 69.7 Å². The summed E-state index contributed by atoms with van der Waals surface area (Å²) in [7, 11) is 0. The number of carbonyl (C=O) groups is 3. The van der Waals surface area contributed by atoms with Crippen LogP contribution in [0.15, 0.2) is 72.8 Å². The molecule has 1 aliphatic carbocycles. The third-order valence-corrected chi connectivity index (χ3v) is 7.72. The standard InChI is InChI=1S/C30H29N3O3/c34-28(31-25-11-5-8-21-7-1-2-9-23(21)25)22-16-14-20(15-17-22)19-33-26-12-4-3-10-24(26)29(35)32-18-6-13-27(32)30(33)36/h1-4,7,9-10,12,14-17,25,27H,5-6,8,11,13,18-19H2,(H,31,34)/t25-,27-/m0/s1. The van der Waals surface area contributed by atoms with Crippen LogP contribution in [0.25, 0.3) is 0 Å². The minimum atomic E-state index is -0.409. The molecule has 6 nitrogen and oxygen atoms in total. The molecule has 6 rings (SSSR count). The molecule has 1 N–H and O–H groups in total. The highest BCUT2D eigenvalue weighted by Gasteiger charge is 2.41. The van der Waals surface area contributed by atoms with E-state index in [0.29, 0.717) is 36.3 Å². The molecule has 0 aromatic heterocycles. The number of fused-ring (bicyclic) bond motifs is 3. The summed E-state index contributed by atoms with van der Waals surface area (Å²) < 4.78 is 0. The fourth-order valence-corrected chi connectivity index (χ4v) is 5.86. The molecule has 182 valence electrons. The number of carbonyl (C=O) groups excluding carboxylic acids is 3. The number of anilines is 1. The molecule has 6 heteroatoms. The molecule has 0 unspecified atom stereocenters. The molecule has 0 bridgehead atoms. The van der Waals surface area contributed by atoms with E-state index >= 15 is 0 Å². The first-order valence-corrected chi connectivity index (χ1v) is 12.8. The number of para-hydroxylation sites is 1. The molecule has 0 spiro atoms. The lowest BCUT2D eigenvalue weighted by Crippen LogP contribution is -2.44. The first-order chi connectivity index (χ1) is 17.6. The Bertz CT molecular complexity index is 1330.